The van der Waals surface area contributed by atoms with E-state index in [1.807, 2.05) is 12.1 Å². The van der Waals surface area contributed by atoms with Crippen molar-refractivity contribution in [3.8, 4) is 28.7 Å². The lowest BCUT2D eigenvalue weighted by Gasteiger charge is -2.27. The fourth-order valence-corrected chi connectivity index (χ4v) is 3.31. The molecule has 0 aliphatic carbocycles. The van der Waals surface area contributed by atoms with Gasteiger partial charge in [-0.25, -0.2) is 0 Å². The number of ketones is 1. The average Bonchev–Trinajstić information content (AvgIpc) is 3.10. The van der Waals surface area contributed by atoms with Gasteiger partial charge in [0.25, 0.3) is 0 Å². The minimum atomic E-state index is -0.530. The molecule has 0 bridgehead atoms. The standard InChI is InChI=1S/C19H16O7/c1-9-16(21)12(6-20)19-15(17(9)22)18(23)11(7-24-19)4-10-2-3-13-14(5-10)26-8-25-13/h2-3,5-6,11,21-22H,4,7-8H2,1H3/t11-/m0/s1. The number of phenolic OH excluding ortho intramolecular Hbond substituents is 2. The summed E-state index contributed by atoms with van der Waals surface area (Å²) in [7, 11) is 0. The van der Waals surface area contributed by atoms with Crippen molar-refractivity contribution >= 4 is 12.1 Å². The number of carbonyl (C=O) groups is 2. The van der Waals surface area contributed by atoms with Crippen LogP contribution < -0.4 is 14.2 Å². The van der Waals surface area contributed by atoms with E-state index in [9.17, 15) is 19.8 Å². The molecule has 2 heterocycles. The molecule has 134 valence electrons. The molecular formula is C19H16O7. The van der Waals surface area contributed by atoms with Crippen LogP contribution >= 0.6 is 0 Å². The zero-order valence-corrected chi connectivity index (χ0v) is 13.9. The lowest BCUT2D eigenvalue weighted by Crippen LogP contribution is -2.30. The van der Waals surface area contributed by atoms with Gasteiger partial charge in [-0.05, 0) is 31.0 Å². The molecule has 2 aromatic rings. The Balaban J connectivity index is 1.68. The Labute approximate surface area is 148 Å². The number of Topliss-reactive ketones (excluding diaryl/α,β-unsaturated/α-hetero) is 1. The van der Waals surface area contributed by atoms with E-state index in [0.717, 1.165) is 5.56 Å². The highest BCUT2D eigenvalue weighted by molar-refractivity contribution is 6.07. The maximum atomic E-state index is 12.9. The third-order valence-corrected chi connectivity index (χ3v) is 4.76. The summed E-state index contributed by atoms with van der Waals surface area (Å²) in [6.45, 7) is 1.65. The largest absolute Gasteiger partial charge is 0.507 e. The Hall–Kier alpha value is -3.22. The summed E-state index contributed by atoms with van der Waals surface area (Å²) in [5.41, 5.74) is 0.765. The number of carbonyl (C=O) groups excluding carboxylic acids is 2. The van der Waals surface area contributed by atoms with Crippen molar-refractivity contribution in [3.05, 3.63) is 40.5 Å². The third kappa shape index (κ3) is 2.35. The van der Waals surface area contributed by atoms with Gasteiger partial charge in [0, 0.05) is 5.56 Å². The fourth-order valence-electron chi connectivity index (χ4n) is 3.31. The molecule has 0 radical (unpaired) electrons. The predicted octanol–water partition coefficient (Wildman–Crippen LogP) is 2.38. The van der Waals surface area contributed by atoms with Crippen molar-refractivity contribution in [3.63, 3.8) is 0 Å². The summed E-state index contributed by atoms with van der Waals surface area (Å²) in [5.74, 6) is -0.372. The number of hydrogen-bond acceptors (Lipinski definition) is 7. The smallest absolute Gasteiger partial charge is 0.231 e. The number of ether oxygens (including phenoxy) is 3. The van der Waals surface area contributed by atoms with Gasteiger partial charge in [0.05, 0.1) is 18.1 Å². The number of rotatable bonds is 3. The Morgan fingerprint density at radius 3 is 2.69 bits per heavy atom. The summed E-state index contributed by atoms with van der Waals surface area (Å²) < 4.78 is 16.2. The molecule has 2 aliphatic heterocycles. The lowest BCUT2D eigenvalue weighted by molar-refractivity contribution is 0.0824. The van der Waals surface area contributed by atoms with Crippen LogP contribution in [-0.4, -0.2) is 35.7 Å². The van der Waals surface area contributed by atoms with Crippen molar-refractivity contribution in [2.75, 3.05) is 13.4 Å². The van der Waals surface area contributed by atoms with Crippen molar-refractivity contribution in [2.24, 2.45) is 5.92 Å². The molecule has 0 amide bonds. The van der Waals surface area contributed by atoms with Crippen LogP contribution in [0.1, 0.15) is 31.8 Å². The first-order valence-corrected chi connectivity index (χ1v) is 8.10. The fraction of sp³-hybridized carbons (Fsp3) is 0.263. The van der Waals surface area contributed by atoms with E-state index >= 15 is 0 Å². The first-order chi connectivity index (χ1) is 12.5. The molecular weight excluding hydrogens is 340 g/mol. The van der Waals surface area contributed by atoms with Crippen LogP contribution in [0.3, 0.4) is 0 Å². The van der Waals surface area contributed by atoms with Crippen molar-refractivity contribution in [2.45, 2.75) is 13.3 Å². The molecule has 2 N–H and O–H groups in total. The van der Waals surface area contributed by atoms with Crippen molar-refractivity contribution in [1.29, 1.82) is 0 Å². The first-order valence-electron chi connectivity index (χ1n) is 8.10. The third-order valence-electron chi connectivity index (χ3n) is 4.76. The zero-order chi connectivity index (χ0) is 18.4. The van der Waals surface area contributed by atoms with Gasteiger partial charge in [-0.3, -0.25) is 9.59 Å². The molecule has 0 saturated carbocycles. The second-order valence-corrected chi connectivity index (χ2v) is 6.32. The monoisotopic (exact) mass is 356 g/mol. The highest BCUT2D eigenvalue weighted by atomic mass is 16.7. The van der Waals surface area contributed by atoms with E-state index in [1.54, 1.807) is 6.07 Å². The molecule has 0 fully saturated rings. The molecule has 1 atom stereocenters. The number of benzene rings is 2. The van der Waals surface area contributed by atoms with Crippen LogP contribution in [0, 0.1) is 12.8 Å². The van der Waals surface area contributed by atoms with Gasteiger partial charge in [0.15, 0.2) is 23.6 Å². The summed E-state index contributed by atoms with van der Waals surface area (Å²) in [6.07, 6.45) is 0.802. The Morgan fingerprint density at radius 2 is 1.92 bits per heavy atom. The summed E-state index contributed by atoms with van der Waals surface area (Å²) >= 11 is 0. The summed E-state index contributed by atoms with van der Waals surface area (Å²) in [4.78, 5) is 24.2. The number of phenols is 2. The SMILES string of the molecule is Cc1c(O)c(C=O)c2c(c1O)C(=O)[C@@H](Cc1ccc3c(c1)OCO3)CO2. The van der Waals surface area contributed by atoms with Crippen molar-refractivity contribution < 1.29 is 34.0 Å². The molecule has 0 spiro atoms. The lowest BCUT2D eigenvalue weighted by atomic mass is 9.86. The van der Waals surface area contributed by atoms with E-state index in [4.69, 9.17) is 14.2 Å². The number of fused-ring (bicyclic) bond motifs is 2. The minimum Gasteiger partial charge on any atom is -0.507 e. The van der Waals surface area contributed by atoms with Crippen molar-refractivity contribution in [1.82, 2.24) is 0 Å². The molecule has 2 aliphatic rings. The second-order valence-electron chi connectivity index (χ2n) is 6.32. The van der Waals surface area contributed by atoms with Crippen LogP contribution in [-0.2, 0) is 6.42 Å². The van der Waals surface area contributed by atoms with Gasteiger partial charge in [-0.1, -0.05) is 6.07 Å². The van der Waals surface area contributed by atoms with Crippen LogP contribution in [0.4, 0.5) is 0 Å². The molecule has 0 saturated heterocycles. The number of hydrogen-bond donors (Lipinski definition) is 2. The number of aromatic hydroxyl groups is 2. The van der Waals surface area contributed by atoms with E-state index < -0.39 is 5.92 Å². The Bertz CT molecular complexity index is 932. The van der Waals surface area contributed by atoms with Gasteiger partial charge in [0.1, 0.15) is 22.8 Å². The highest BCUT2D eigenvalue weighted by Crippen LogP contribution is 2.45. The Morgan fingerprint density at radius 1 is 1.15 bits per heavy atom. The topological polar surface area (TPSA) is 102 Å². The molecule has 2 aromatic carbocycles. The molecule has 7 nitrogen and oxygen atoms in total. The van der Waals surface area contributed by atoms with Crippen LogP contribution in [0.15, 0.2) is 18.2 Å². The van der Waals surface area contributed by atoms with Gasteiger partial charge < -0.3 is 24.4 Å². The Kier molecular flexibility index (Phi) is 3.72. The van der Waals surface area contributed by atoms with E-state index in [1.165, 1.54) is 6.92 Å². The highest BCUT2D eigenvalue weighted by Gasteiger charge is 2.36. The van der Waals surface area contributed by atoms with Gasteiger partial charge >= 0.3 is 0 Å². The second kappa shape index (κ2) is 5.94. The van der Waals surface area contributed by atoms with E-state index in [0.29, 0.717) is 24.2 Å². The minimum absolute atomic E-state index is 0.0447. The predicted molar refractivity (Wildman–Crippen MR) is 89.5 cm³/mol. The normalized spacial score (nSPS) is 17.6. The van der Waals surface area contributed by atoms with Crippen LogP contribution in [0.25, 0.3) is 0 Å². The van der Waals surface area contributed by atoms with Crippen LogP contribution in [0.2, 0.25) is 0 Å². The number of aldehydes is 1. The average molecular weight is 356 g/mol. The van der Waals surface area contributed by atoms with Gasteiger partial charge in [-0.15, -0.1) is 0 Å². The molecule has 26 heavy (non-hydrogen) atoms. The molecule has 4 rings (SSSR count). The molecule has 0 unspecified atom stereocenters. The maximum absolute atomic E-state index is 12.9. The van der Waals surface area contributed by atoms with E-state index in [2.05, 4.69) is 0 Å². The quantitative estimate of drug-likeness (QED) is 0.814. The van der Waals surface area contributed by atoms with Gasteiger partial charge in [-0.2, -0.15) is 0 Å². The van der Waals surface area contributed by atoms with Crippen LogP contribution in [0.5, 0.6) is 28.7 Å². The molecule has 7 heteroatoms. The van der Waals surface area contributed by atoms with E-state index in [-0.39, 0.29) is 53.1 Å². The maximum Gasteiger partial charge on any atom is 0.231 e. The summed E-state index contributed by atoms with van der Waals surface area (Å²) in [6, 6.07) is 5.43. The molecule has 0 aromatic heterocycles. The zero-order valence-electron chi connectivity index (χ0n) is 13.9. The van der Waals surface area contributed by atoms with Gasteiger partial charge in [0.2, 0.25) is 6.79 Å². The first kappa shape index (κ1) is 16.3. The summed E-state index contributed by atoms with van der Waals surface area (Å²) in [5, 5.41) is 20.3.